The fraction of sp³-hybridized carbons (Fsp3) is 0.571. The minimum absolute atomic E-state index is 0.318. The van der Waals surface area contributed by atoms with Crippen LogP contribution in [0.25, 0.3) is 0 Å². The summed E-state index contributed by atoms with van der Waals surface area (Å²) in [4.78, 5) is 0. The Morgan fingerprint density at radius 1 is 1.17 bits per heavy atom. The van der Waals surface area contributed by atoms with E-state index in [2.05, 4.69) is 5.32 Å². The lowest BCUT2D eigenvalue weighted by Crippen LogP contribution is -2.46. The van der Waals surface area contributed by atoms with Gasteiger partial charge in [-0.1, -0.05) is 12.1 Å². The lowest BCUT2D eigenvalue weighted by atomic mass is 9.93. The SMILES string of the molecule is CCOc1ccccc1OCC1(O)CCNCC1. The Morgan fingerprint density at radius 2 is 1.78 bits per heavy atom. The highest BCUT2D eigenvalue weighted by Crippen LogP contribution is 2.28. The number of para-hydroxylation sites is 2. The Morgan fingerprint density at radius 3 is 2.39 bits per heavy atom. The average molecular weight is 251 g/mol. The third kappa shape index (κ3) is 3.37. The summed E-state index contributed by atoms with van der Waals surface area (Å²) in [6.07, 6.45) is 1.45. The maximum atomic E-state index is 10.3. The van der Waals surface area contributed by atoms with Gasteiger partial charge in [-0.05, 0) is 45.0 Å². The summed E-state index contributed by atoms with van der Waals surface area (Å²) in [5.41, 5.74) is -0.718. The molecule has 1 aromatic carbocycles. The Bertz CT molecular complexity index is 375. The highest BCUT2D eigenvalue weighted by Gasteiger charge is 2.30. The average Bonchev–Trinajstić information content (AvgIpc) is 2.39. The number of hydrogen-bond acceptors (Lipinski definition) is 4. The molecule has 0 radical (unpaired) electrons. The van der Waals surface area contributed by atoms with E-state index in [4.69, 9.17) is 9.47 Å². The van der Waals surface area contributed by atoms with Crippen LogP contribution in [0.2, 0.25) is 0 Å². The summed E-state index contributed by atoms with van der Waals surface area (Å²) in [7, 11) is 0. The molecule has 0 saturated carbocycles. The van der Waals surface area contributed by atoms with E-state index in [0.717, 1.165) is 31.7 Å². The van der Waals surface area contributed by atoms with Crippen LogP contribution in [-0.2, 0) is 0 Å². The van der Waals surface area contributed by atoms with Crippen molar-refractivity contribution in [2.75, 3.05) is 26.3 Å². The molecule has 0 spiro atoms. The molecule has 0 bridgehead atoms. The normalized spacial score (nSPS) is 18.3. The van der Waals surface area contributed by atoms with Crippen LogP contribution in [0.5, 0.6) is 11.5 Å². The topological polar surface area (TPSA) is 50.7 Å². The predicted octanol–water partition coefficient (Wildman–Crippen LogP) is 1.58. The van der Waals surface area contributed by atoms with Crippen LogP contribution in [0.15, 0.2) is 24.3 Å². The first-order chi connectivity index (χ1) is 8.73. The van der Waals surface area contributed by atoms with Crippen molar-refractivity contribution >= 4 is 0 Å². The Labute approximate surface area is 108 Å². The van der Waals surface area contributed by atoms with Gasteiger partial charge in [0.2, 0.25) is 0 Å². The highest BCUT2D eigenvalue weighted by atomic mass is 16.5. The van der Waals surface area contributed by atoms with E-state index in [-0.39, 0.29) is 0 Å². The molecule has 1 aliphatic heterocycles. The molecular formula is C14H21NO3. The van der Waals surface area contributed by atoms with Crippen molar-refractivity contribution in [3.8, 4) is 11.5 Å². The first-order valence-electron chi connectivity index (χ1n) is 6.51. The summed E-state index contributed by atoms with van der Waals surface area (Å²) < 4.78 is 11.2. The van der Waals surface area contributed by atoms with Crippen molar-refractivity contribution < 1.29 is 14.6 Å². The second-order valence-electron chi connectivity index (χ2n) is 4.64. The molecule has 0 aliphatic carbocycles. The third-order valence-corrected chi connectivity index (χ3v) is 3.18. The molecule has 100 valence electrons. The van der Waals surface area contributed by atoms with E-state index in [1.165, 1.54) is 0 Å². The standard InChI is InChI=1S/C14H21NO3/c1-2-17-12-5-3-4-6-13(12)18-11-14(16)7-9-15-10-8-14/h3-6,15-16H,2,7-11H2,1H3. The zero-order valence-corrected chi connectivity index (χ0v) is 10.8. The molecule has 4 heteroatoms. The highest BCUT2D eigenvalue weighted by molar-refractivity contribution is 5.39. The van der Waals surface area contributed by atoms with Gasteiger partial charge in [0.15, 0.2) is 11.5 Å². The molecule has 0 unspecified atom stereocenters. The number of rotatable bonds is 5. The fourth-order valence-electron chi connectivity index (χ4n) is 2.09. The van der Waals surface area contributed by atoms with Crippen molar-refractivity contribution in [3.63, 3.8) is 0 Å². The largest absolute Gasteiger partial charge is 0.490 e. The smallest absolute Gasteiger partial charge is 0.161 e. The fourth-order valence-corrected chi connectivity index (χ4v) is 2.09. The van der Waals surface area contributed by atoms with E-state index in [9.17, 15) is 5.11 Å². The predicted molar refractivity (Wildman–Crippen MR) is 70.2 cm³/mol. The van der Waals surface area contributed by atoms with Gasteiger partial charge in [-0.15, -0.1) is 0 Å². The van der Waals surface area contributed by atoms with Crippen LogP contribution in [0.4, 0.5) is 0 Å². The molecule has 1 aromatic rings. The summed E-state index contributed by atoms with van der Waals surface area (Å²) in [6, 6.07) is 7.57. The van der Waals surface area contributed by atoms with E-state index in [0.29, 0.717) is 19.0 Å². The molecule has 0 amide bonds. The zero-order chi connectivity index (χ0) is 12.8. The molecule has 0 aromatic heterocycles. The van der Waals surface area contributed by atoms with Crippen molar-refractivity contribution in [3.05, 3.63) is 24.3 Å². The Kier molecular flexibility index (Phi) is 4.44. The van der Waals surface area contributed by atoms with E-state index in [1.54, 1.807) is 0 Å². The summed E-state index contributed by atoms with van der Waals surface area (Å²) in [6.45, 7) is 4.55. The lowest BCUT2D eigenvalue weighted by molar-refractivity contribution is -0.0291. The molecular weight excluding hydrogens is 230 g/mol. The molecule has 1 saturated heterocycles. The van der Waals surface area contributed by atoms with Crippen LogP contribution in [-0.4, -0.2) is 37.0 Å². The van der Waals surface area contributed by atoms with Crippen molar-refractivity contribution in [2.24, 2.45) is 0 Å². The molecule has 1 heterocycles. The van der Waals surface area contributed by atoms with Gasteiger partial charge in [0.25, 0.3) is 0 Å². The first-order valence-corrected chi connectivity index (χ1v) is 6.51. The maximum Gasteiger partial charge on any atom is 0.161 e. The zero-order valence-electron chi connectivity index (χ0n) is 10.8. The number of nitrogens with one attached hydrogen (secondary N) is 1. The van der Waals surface area contributed by atoms with Gasteiger partial charge in [0.1, 0.15) is 12.2 Å². The molecule has 2 rings (SSSR count). The molecule has 0 atom stereocenters. The molecule has 1 fully saturated rings. The van der Waals surface area contributed by atoms with Gasteiger partial charge >= 0.3 is 0 Å². The Balaban J connectivity index is 1.96. The van der Waals surface area contributed by atoms with Crippen molar-refractivity contribution in [2.45, 2.75) is 25.4 Å². The minimum Gasteiger partial charge on any atom is -0.490 e. The number of aliphatic hydroxyl groups is 1. The quantitative estimate of drug-likeness (QED) is 0.834. The maximum absolute atomic E-state index is 10.3. The lowest BCUT2D eigenvalue weighted by Gasteiger charge is -2.32. The van der Waals surface area contributed by atoms with Crippen LogP contribution in [0, 0.1) is 0 Å². The number of piperidine rings is 1. The van der Waals surface area contributed by atoms with Crippen LogP contribution >= 0.6 is 0 Å². The Hall–Kier alpha value is -1.26. The van der Waals surface area contributed by atoms with Crippen LogP contribution < -0.4 is 14.8 Å². The van der Waals surface area contributed by atoms with E-state index in [1.807, 2.05) is 31.2 Å². The van der Waals surface area contributed by atoms with Crippen LogP contribution in [0.1, 0.15) is 19.8 Å². The van der Waals surface area contributed by atoms with Gasteiger partial charge < -0.3 is 19.9 Å². The third-order valence-electron chi connectivity index (χ3n) is 3.18. The summed E-state index contributed by atoms with van der Waals surface area (Å²) >= 11 is 0. The molecule has 18 heavy (non-hydrogen) atoms. The molecule has 1 aliphatic rings. The number of benzene rings is 1. The second-order valence-corrected chi connectivity index (χ2v) is 4.64. The van der Waals surface area contributed by atoms with E-state index >= 15 is 0 Å². The van der Waals surface area contributed by atoms with Gasteiger partial charge in [-0.3, -0.25) is 0 Å². The minimum atomic E-state index is -0.718. The van der Waals surface area contributed by atoms with Gasteiger partial charge in [-0.25, -0.2) is 0 Å². The van der Waals surface area contributed by atoms with Gasteiger partial charge in [0.05, 0.1) is 6.61 Å². The molecule has 4 nitrogen and oxygen atoms in total. The summed E-state index contributed by atoms with van der Waals surface area (Å²) in [5.74, 6) is 1.43. The van der Waals surface area contributed by atoms with Gasteiger partial charge in [0, 0.05) is 0 Å². The monoisotopic (exact) mass is 251 g/mol. The summed E-state index contributed by atoms with van der Waals surface area (Å²) in [5, 5.41) is 13.6. The number of hydrogen-bond donors (Lipinski definition) is 2. The van der Waals surface area contributed by atoms with Crippen molar-refractivity contribution in [1.82, 2.24) is 5.32 Å². The van der Waals surface area contributed by atoms with E-state index < -0.39 is 5.60 Å². The second kappa shape index (κ2) is 6.07. The molecule has 2 N–H and O–H groups in total. The van der Waals surface area contributed by atoms with Crippen LogP contribution in [0.3, 0.4) is 0 Å². The number of ether oxygens (including phenoxy) is 2. The first kappa shape index (κ1) is 13.2. The van der Waals surface area contributed by atoms with Gasteiger partial charge in [-0.2, -0.15) is 0 Å². The van der Waals surface area contributed by atoms with Crippen molar-refractivity contribution in [1.29, 1.82) is 0 Å².